The van der Waals surface area contributed by atoms with Gasteiger partial charge in [-0.05, 0) is 36.6 Å². The molecule has 1 aliphatic carbocycles. The van der Waals surface area contributed by atoms with Gasteiger partial charge in [-0.3, -0.25) is 4.79 Å². The van der Waals surface area contributed by atoms with E-state index in [1.807, 2.05) is 0 Å². The van der Waals surface area contributed by atoms with Gasteiger partial charge in [0.1, 0.15) is 11.6 Å². The highest BCUT2D eigenvalue weighted by Crippen LogP contribution is 2.27. The molecular formula is C14H16ClFO. The summed E-state index contributed by atoms with van der Waals surface area (Å²) in [5.74, 6) is 0.0288. The summed E-state index contributed by atoms with van der Waals surface area (Å²) in [5.41, 5.74) is 0.613. The van der Waals surface area contributed by atoms with Gasteiger partial charge in [0, 0.05) is 17.4 Å². The summed E-state index contributed by atoms with van der Waals surface area (Å²) in [6.07, 6.45) is 5.71. The van der Waals surface area contributed by atoms with Crippen LogP contribution in [0.25, 0.3) is 0 Å². The Hall–Kier alpha value is -0.890. The van der Waals surface area contributed by atoms with Crippen LogP contribution < -0.4 is 0 Å². The highest BCUT2D eigenvalue weighted by molar-refractivity contribution is 6.31. The smallest absolute Gasteiger partial charge is 0.140 e. The highest BCUT2D eigenvalue weighted by atomic mass is 35.5. The standard InChI is InChI=1S/C14H16ClFO/c15-13-7-6-12(16)8-11(13)9-14(17)10-4-2-1-3-5-10/h6-8,10H,1-5,9H2. The molecule has 1 aliphatic rings. The second-order valence-corrected chi connectivity index (χ2v) is 5.12. The lowest BCUT2D eigenvalue weighted by Crippen LogP contribution is -2.19. The Bertz CT molecular complexity index is 411. The van der Waals surface area contributed by atoms with Gasteiger partial charge in [0.15, 0.2) is 0 Å². The largest absolute Gasteiger partial charge is 0.299 e. The van der Waals surface area contributed by atoms with Crippen LogP contribution >= 0.6 is 11.6 Å². The molecule has 17 heavy (non-hydrogen) atoms. The van der Waals surface area contributed by atoms with Gasteiger partial charge in [0.2, 0.25) is 0 Å². The van der Waals surface area contributed by atoms with Crippen LogP contribution in [-0.2, 0) is 11.2 Å². The average molecular weight is 255 g/mol. The topological polar surface area (TPSA) is 17.1 Å². The molecule has 0 aromatic heterocycles. The predicted octanol–water partition coefficient (Wildman–Crippen LogP) is 4.17. The quantitative estimate of drug-likeness (QED) is 0.791. The fourth-order valence-corrected chi connectivity index (χ4v) is 2.62. The SMILES string of the molecule is O=C(Cc1cc(F)ccc1Cl)C1CCCCC1. The lowest BCUT2D eigenvalue weighted by molar-refractivity contribution is -0.123. The average Bonchev–Trinajstić information content (AvgIpc) is 2.35. The van der Waals surface area contributed by atoms with Gasteiger partial charge in [-0.2, -0.15) is 0 Å². The van der Waals surface area contributed by atoms with Crippen molar-refractivity contribution in [2.45, 2.75) is 38.5 Å². The first-order valence-electron chi connectivity index (χ1n) is 6.13. The Labute approximate surface area is 106 Å². The lowest BCUT2D eigenvalue weighted by Gasteiger charge is -2.20. The molecule has 1 aromatic rings. The van der Waals surface area contributed by atoms with Crippen molar-refractivity contribution in [2.75, 3.05) is 0 Å². The summed E-state index contributed by atoms with van der Waals surface area (Å²) in [6.45, 7) is 0. The Kier molecular flexibility index (Phi) is 4.16. The van der Waals surface area contributed by atoms with E-state index in [0.29, 0.717) is 10.6 Å². The second-order valence-electron chi connectivity index (χ2n) is 4.71. The van der Waals surface area contributed by atoms with Gasteiger partial charge in [-0.1, -0.05) is 30.9 Å². The van der Waals surface area contributed by atoms with Crippen molar-refractivity contribution in [1.29, 1.82) is 0 Å². The van der Waals surface area contributed by atoms with E-state index in [1.54, 1.807) is 0 Å². The van der Waals surface area contributed by atoms with Crippen molar-refractivity contribution in [3.63, 3.8) is 0 Å². The maximum Gasteiger partial charge on any atom is 0.140 e. The Morgan fingerprint density at radius 2 is 2.00 bits per heavy atom. The minimum atomic E-state index is -0.333. The van der Waals surface area contributed by atoms with E-state index in [4.69, 9.17) is 11.6 Å². The van der Waals surface area contributed by atoms with Crippen LogP contribution in [0.15, 0.2) is 18.2 Å². The van der Waals surface area contributed by atoms with Gasteiger partial charge < -0.3 is 0 Å². The summed E-state index contributed by atoms with van der Waals surface area (Å²) in [7, 11) is 0. The minimum Gasteiger partial charge on any atom is -0.299 e. The highest BCUT2D eigenvalue weighted by Gasteiger charge is 2.21. The molecule has 92 valence electrons. The summed E-state index contributed by atoms with van der Waals surface area (Å²) in [6, 6.07) is 4.19. The van der Waals surface area contributed by atoms with Crippen LogP contribution in [0.1, 0.15) is 37.7 Å². The molecule has 0 bridgehead atoms. The molecule has 3 heteroatoms. The van der Waals surface area contributed by atoms with E-state index >= 15 is 0 Å². The van der Waals surface area contributed by atoms with E-state index in [9.17, 15) is 9.18 Å². The Morgan fingerprint density at radius 3 is 2.71 bits per heavy atom. The van der Waals surface area contributed by atoms with Crippen molar-refractivity contribution in [3.05, 3.63) is 34.6 Å². The number of halogens is 2. The number of carbonyl (C=O) groups excluding carboxylic acids is 1. The number of hydrogen-bond acceptors (Lipinski definition) is 1. The summed E-state index contributed by atoms with van der Waals surface area (Å²) in [5, 5.41) is 0.482. The first-order chi connectivity index (χ1) is 8.16. The van der Waals surface area contributed by atoms with Gasteiger partial charge in [-0.15, -0.1) is 0 Å². The third-order valence-corrected chi connectivity index (χ3v) is 3.80. The summed E-state index contributed by atoms with van der Waals surface area (Å²) in [4.78, 5) is 12.0. The van der Waals surface area contributed by atoms with Crippen LogP contribution in [0.5, 0.6) is 0 Å². The van der Waals surface area contributed by atoms with Crippen molar-refractivity contribution in [1.82, 2.24) is 0 Å². The molecular weight excluding hydrogens is 239 g/mol. The number of hydrogen-bond donors (Lipinski definition) is 0. The van der Waals surface area contributed by atoms with Crippen LogP contribution in [-0.4, -0.2) is 5.78 Å². The molecule has 2 rings (SSSR count). The van der Waals surface area contributed by atoms with Gasteiger partial charge >= 0.3 is 0 Å². The van der Waals surface area contributed by atoms with Crippen LogP contribution in [0.4, 0.5) is 4.39 Å². The number of rotatable bonds is 3. The maximum atomic E-state index is 13.1. The second kappa shape index (κ2) is 5.63. The molecule has 0 saturated heterocycles. The molecule has 1 fully saturated rings. The molecule has 0 radical (unpaired) electrons. The number of Topliss-reactive ketones (excluding diaryl/α,β-unsaturated/α-hetero) is 1. The summed E-state index contributed by atoms with van der Waals surface area (Å²) < 4.78 is 13.1. The molecule has 0 unspecified atom stereocenters. The van der Waals surface area contributed by atoms with E-state index in [0.717, 1.165) is 25.7 Å². The van der Waals surface area contributed by atoms with Crippen molar-refractivity contribution >= 4 is 17.4 Å². The zero-order valence-corrected chi connectivity index (χ0v) is 10.5. The fraction of sp³-hybridized carbons (Fsp3) is 0.500. The Morgan fingerprint density at radius 1 is 1.29 bits per heavy atom. The molecule has 1 saturated carbocycles. The zero-order valence-electron chi connectivity index (χ0n) is 9.72. The van der Waals surface area contributed by atoms with Gasteiger partial charge in [-0.25, -0.2) is 4.39 Å². The third-order valence-electron chi connectivity index (χ3n) is 3.43. The van der Waals surface area contributed by atoms with Crippen LogP contribution in [0, 0.1) is 11.7 Å². The van der Waals surface area contributed by atoms with Crippen molar-refractivity contribution in [2.24, 2.45) is 5.92 Å². The molecule has 0 amide bonds. The molecule has 0 N–H and O–H groups in total. The van der Waals surface area contributed by atoms with Crippen LogP contribution in [0.2, 0.25) is 5.02 Å². The number of carbonyl (C=O) groups is 1. The summed E-state index contributed by atoms with van der Waals surface area (Å²) >= 11 is 5.96. The van der Waals surface area contributed by atoms with Crippen molar-refractivity contribution < 1.29 is 9.18 Å². The first-order valence-corrected chi connectivity index (χ1v) is 6.51. The number of benzene rings is 1. The van der Waals surface area contributed by atoms with Crippen molar-refractivity contribution in [3.8, 4) is 0 Å². The van der Waals surface area contributed by atoms with Gasteiger partial charge in [0.05, 0.1) is 0 Å². The molecule has 1 aromatic carbocycles. The zero-order chi connectivity index (χ0) is 12.3. The predicted molar refractivity (Wildman–Crippen MR) is 66.7 cm³/mol. The van der Waals surface area contributed by atoms with E-state index in [1.165, 1.54) is 24.6 Å². The normalized spacial score (nSPS) is 17.1. The molecule has 0 atom stereocenters. The molecule has 1 nitrogen and oxygen atoms in total. The molecule has 0 spiro atoms. The fourth-order valence-electron chi connectivity index (χ4n) is 2.44. The monoisotopic (exact) mass is 254 g/mol. The third kappa shape index (κ3) is 3.29. The van der Waals surface area contributed by atoms with E-state index in [-0.39, 0.29) is 23.9 Å². The molecule has 0 aliphatic heterocycles. The first kappa shape index (κ1) is 12.6. The van der Waals surface area contributed by atoms with Crippen LogP contribution in [0.3, 0.4) is 0 Å². The number of ketones is 1. The lowest BCUT2D eigenvalue weighted by atomic mass is 9.84. The van der Waals surface area contributed by atoms with Gasteiger partial charge in [0.25, 0.3) is 0 Å². The maximum absolute atomic E-state index is 13.1. The molecule has 0 heterocycles. The Balaban J connectivity index is 2.04. The van der Waals surface area contributed by atoms with E-state index < -0.39 is 0 Å². The van der Waals surface area contributed by atoms with E-state index in [2.05, 4.69) is 0 Å². The minimum absolute atomic E-state index is 0.156.